The number of rotatable bonds is 1. The summed E-state index contributed by atoms with van der Waals surface area (Å²) in [5.41, 5.74) is 3.26. The average Bonchev–Trinajstić information content (AvgIpc) is 3.01. The fraction of sp³-hybridized carbons (Fsp3) is 0.125. The van der Waals surface area contributed by atoms with Crippen molar-refractivity contribution in [3.8, 4) is 0 Å². The van der Waals surface area contributed by atoms with E-state index in [-0.39, 0.29) is 6.10 Å². The Morgan fingerprint density at radius 1 is 1.00 bits per heavy atom. The van der Waals surface area contributed by atoms with E-state index in [9.17, 15) is 0 Å². The molecule has 2 aliphatic rings. The first kappa shape index (κ1) is 9.77. The van der Waals surface area contributed by atoms with E-state index < -0.39 is 0 Å². The van der Waals surface area contributed by atoms with E-state index in [0.717, 1.165) is 16.5 Å². The summed E-state index contributed by atoms with van der Waals surface area (Å²) in [6.07, 6.45) is 12.2. The maximum Gasteiger partial charge on any atom is 0.134 e. The molecule has 2 unspecified atom stereocenters. The number of ether oxygens (including phenoxy) is 1. The summed E-state index contributed by atoms with van der Waals surface area (Å²) in [5.74, 6) is 0.302. The first-order chi connectivity index (χ1) is 8.93. The lowest BCUT2D eigenvalue weighted by Gasteiger charge is -2.16. The number of furan rings is 1. The van der Waals surface area contributed by atoms with Crippen molar-refractivity contribution in [2.75, 3.05) is 0 Å². The van der Waals surface area contributed by atoms with Gasteiger partial charge in [-0.3, -0.25) is 0 Å². The molecule has 2 atom stereocenters. The maximum atomic E-state index is 5.70. The minimum absolute atomic E-state index is 0.138. The van der Waals surface area contributed by atoms with E-state index >= 15 is 0 Å². The zero-order chi connectivity index (χ0) is 11.9. The highest BCUT2D eigenvalue weighted by molar-refractivity contribution is 5.92. The van der Waals surface area contributed by atoms with E-state index in [1.165, 1.54) is 5.57 Å². The second kappa shape index (κ2) is 3.64. The van der Waals surface area contributed by atoms with Gasteiger partial charge in [-0.15, -0.1) is 0 Å². The van der Waals surface area contributed by atoms with Crippen molar-refractivity contribution >= 4 is 16.5 Å². The molecule has 88 valence electrons. The molecule has 2 nitrogen and oxygen atoms in total. The van der Waals surface area contributed by atoms with Crippen LogP contribution in [-0.4, -0.2) is 6.10 Å². The summed E-state index contributed by atoms with van der Waals surface area (Å²) in [5, 5.41) is 1.15. The molecular formula is C16H12O2. The predicted molar refractivity (Wildman–Crippen MR) is 70.8 cm³/mol. The Morgan fingerprint density at radius 3 is 2.89 bits per heavy atom. The normalized spacial score (nSPS) is 25.0. The molecule has 2 heteroatoms. The molecule has 1 aliphatic heterocycles. The van der Waals surface area contributed by atoms with Gasteiger partial charge in [0.1, 0.15) is 11.7 Å². The Kier molecular flexibility index (Phi) is 1.97. The predicted octanol–water partition coefficient (Wildman–Crippen LogP) is 3.91. The number of allylic oxidation sites excluding steroid dienone is 2. The van der Waals surface area contributed by atoms with Gasteiger partial charge in [0.05, 0.1) is 12.5 Å². The lowest BCUT2D eigenvalue weighted by Crippen LogP contribution is -2.15. The molecule has 2 heterocycles. The fourth-order valence-electron chi connectivity index (χ4n) is 2.67. The second-order valence-electron chi connectivity index (χ2n) is 4.62. The van der Waals surface area contributed by atoms with Crippen molar-refractivity contribution in [3.05, 3.63) is 66.7 Å². The largest absolute Gasteiger partial charge is 0.493 e. The van der Waals surface area contributed by atoms with Gasteiger partial charge in [0.15, 0.2) is 0 Å². The zero-order valence-corrected chi connectivity index (χ0v) is 9.74. The van der Waals surface area contributed by atoms with Crippen LogP contribution in [-0.2, 0) is 4.74 Å². The second-order valence-corrected chi connectivity index (χ2v) is 4.62. The molecule has 0 radical (unpaired) electrons. The lowest BCUT2D eigenvalue weighted by atomic mass is 9.88. The van der Waals surface area contributed by atoms with E-state index in [1.807, 2.05) is 36.8 Å². The third kappa shape index (κ3) is 1.29. The summed E-state index contributed by atoms with van der Waals surface area (Å²) >= 11 is 0. The monoisotopic (exact) mass is 236 g/mol. The van der Waals surface area contributed by atoms with Gasteiger partial charge >= 0.3 is 0 Å². The highest BCUT2D eigenvalue weighted by Crippen LogP contribution is 2.39. The van der Waals surface area contributed by atoms with Crippen LogP contribution in [0.15, 0.2) is 65.5 Å². The quantitative estimate of drug-likeness (QED) is 0.748. The Morgan fingerprint density at radius 2 is 1.89 bits per heavy atom. The first-order valence-electron chi connectivity index (χ1n) is 6.10. The molecule has 0 spiro atoms. The number of hydrogen-bond acceptors (Lipinski definition) is 2. The van der Waals surface area contributed by atoms with Gasteiger partial charge < -0.3 is 9.15 Å². The molecule has 0 fully saturated rings. The minimum Gasteiger partial charge on any atom is -0.493 e. The van der Waals surface area contributed by atoms with E-state index in [0.29, 0.717) is 5.92 Å². The number of benzene rings is 1. The number of hydrogen-bond donors (Lipinski definition) is 0. The molecule has 1 aliphatic carbocycles. The topological polar surface area (TPSA) is 22.4 Å². The Labute approximate surface area is 105 Å². The molecule has 0 N–H and O–H groups in total. The van der Waals surface area contributed by atoms with Crippen LogP contribution >= 0.6 is 0 Å². The Bertz CT molecular complexity index is 688. The van der Waals surface area contributed by atoms with Gasteiger partial charge in [0, 0.05) is 22.4 Å². The standard InChI is InChI=1S/C16H12O2/c1-3-7-15-11(5-1)13(9-17-15)14-10-18-16-8-4-2-6-12(14)16/h1-11,15H. The van der Waals surface area contributed by atoms with Gasteiger partial charge in [-0.25, -0.2) is 0 Å². The highest BCUT2D eigenvalue weighted by atomic mass is 16.5. The number of fused-ring (bicyclic) bond motifs is 2. The molecule has 0 amide bonds. The molecule has 4 rings (SSSR count). The van der Waals surface area contributed by atoms with Gasteiger partial charge in [0.25, 0.3) is 0 Å². The minimum atomic E-state index is 0.138. The van der Waals surface area contributed by atoms with Crippen LogP contribution in [0.5, 0.6) is 0 Å². The molecular weight excluding hydrogens is 224 g/mol. The summed E-state index contributed by atoms with van der Waals surface area (Å²) in [6.45, 7) is 0. The lowest BCUT2D eigenvalue weighted by molar-refractivity contribution is 0.192. The van der Waals surface area contributed by atoms with Crippen molar-refractivity contribution in [3.63, 3.8) is 0 Å². The van der Waals surface area contributed by atoms with Crippen molar-refractivity contribution in [1.29, 1.82) is 0 Å². The van der Waals surface area contributed by atoms with Crippen molar-refractivity contribution in [2.24, 2.45) is 5.92 Å². The number of para-hydroxylation sites is 1. The fourth-order valence-corrected chi connectivity index (χ4v) is 2.67. The average molecular weight is 236 g/mol. The Hall–Kier alpha value is -2.22. The van der Waals surface area contributed by atoms with Crippen LogP contribution in [0.3, 0.4) is 0 Å². The highest BCUT2D eigenvalue weighted by Gasteiger charge is 2.31. The molecule has 0 saturated carbocycles. The van der Waals surface area contributed by atoms with Crippen molar-refractivity contribution in [2.45, 2.75) is 6.10 Å². The van der Waals surface area contributed by atoms with Crippen molar-refractivity contribution in [1.82, 2.24) is 0 Å². The molecule has 2 aromatic rings. The van der Waals surface area contributed by atoms with Crippen LogP contribution in [0.2, 0.25) is 0 Å². The van der Waals surface area contributed by atoms with Crippen molar-refractivity contribution < 1.29 is 9.15 Å². The van der Waals surface area contributed by atoms with Crippen LogP contribution in [0.25, 0.3) is 16.5 Å². The van der Waals surface area contributed by atoms with Gasteiger partial charge in [-0.05, 0) is 12.1 Å². The van der Waals surface area contributed by atoms with E-state index in [2.05, 4.69) is 24.3 Å². The summed E-state index contributed by atoms with van der Waals surface area (Å²) in [6, 6.07) is 8.10. The van der Waals surface area contributed by atoms with Gasteiger partial charge in [0.2, 0.25) is 0 Å². The first-order valence-corrected chi connectivity index (χ1v) is 6.10. The maximum absolute atomic E-state index is 5.70. The molecule has 1 aromatic heterocycles. The zero-order valence-electron chi connectivity index (χ0n) is 9.74. The molecule has 0 bridgehead atoms. The van der Waals surface area contributed by atoms with E-state index in [1.54, 1.807) is 0 Å². The van der Waals surface area contributed by atoms with Crippen LogP contribution in [0.4, 0.5) is 0 Å². The SMILES string of the molecule is C1=CC2OC=C(c3coc4ccccc34)C2C=C1. The van der Waals surface area contributed by atoms with Gasteiger partial charge in [-0.1, -0.05) is 36.4 Å². The summed E-state index contributed by atoms with van der Waals surface area (Å²) in [7, 11) is 0. The van der Waals surface area contributed by atoms with Crippen LogP contribution in [0, 0.1) is 5.92 Å². The summed E-state index contributed by atoms with van der Waals surface area (Å²) in [4.78, 5) is 0. The molecule has 18 heavy (non-hydrogen) atoms. The van der Waals surface area contributed by atoms with Gasteiger partial charge in [-0.2, -0.15) is 0 Å². The Balaban J connectivity index is 1.84. The smallest absolute Gasteiger partial charge is 0.134 e. The van der Waals surface area contributed by atoms with Crippen LogP contribution in [0.1, 0.15) is 5.56 Å². The van der Waals surface area contributed by atoms with E-state index in [4.69, 9.17) is 9.15 Å². The third-order valence-electron chi connectivity index (χ3n) is 3.59. The molecule has 0 saturated heterocycles. The van der Waals surface area contributed by atoms with Crippen LogP contribution < -0.4 is 0 Å². The summed E-state index contributed by atoms with van der Waals surface area (Å²) < 4.78 is 11.3. The third-order valence-corrected chi connectivity index (χ3v) is 3.59. The molecule has 1 aromatic carbocycles.